The van der Waals surface area contributed by atoms with Gasteiger partial charge in [-0.25, -0.2) is 5.43 Å². The molecule has 8 heteroatoms. The van der Waals surface area contributed by atoms with Crippen LogP contribution in [0.1, 0.15) is 11.3 Å². The maximum Gasteiger partial charge on any atom is 0.265 e. The highest BCUT2D eigenvalue weighted by atomic mass is 79.9. The normalized spacial score (nSPS) is 11.7. The van der Waals surface area contributed by atoms with Gasteiger partial charge in [0.2, 0.25) is 0 Å². The lowest BCUT2D eigenvalue weighted by atomic mass is 10.2. The molecule has 2 N–H and O–H groups in total. The van der Waals surface area contributed by atoms with Gasteiger partial charge in [0.05, 0.1) is 6.21 Å². The third-order valence-corrected chi connectivity index (χ3v) is 3.75. The second-order valence-corrected chi connectivity index (χ2v) is 5.80. The van der Waals surface area contributed by atoms with Crippen LogP contribution < -0.4 is 5.43 Å². The van der Waals surface area contributed by atoms with Gasteiger partial charge in [0.15, 0.2) is 10.3 Å². The van der Waals surface area contributed by atoms with E-state index >= 15 is 0 Å². The van der Waals surface area contributed by atoms with Crippen LogP contribution in [0.15, 0.2) is 44.5 Å². The lowest BCUT2D eigenvalue weighted by molar-refractivity contribution is 0.534. The van der Waals surface area contributed by atoms with Crippen LogP contribution in [-0.4, -0.2) is 26.4 Å². The van der Waals surface area contributed by atoms with Gasteiger partial charge in [-0.3, -0.25) is 0 Å². The van der Waals surface area contributed by atoms with Crippen molar-refractivity contribution < 1.29 is 4.42 Å². The van der Waals surface area contributed by atoms with Gasteiger partial charge in [0.25, 0.3) is 5.95 Å². The maximum atomic E-state index is 5.31. The Kier molecular flexibility index (Phi) is 3.30. The Morgan fingerprint density at radius 1 is 1.26 bits per heavy atom. The van der Waals surface area contributed by atoms with Crippen LogP contribution in [0.5, 0.6) is 0 Å². The molecular formula is C15H11BrN6O. The first kappa shape index (κ1) is 13.9. The minimum absolute atomic E-state index is 0.308. The molecule has 0 aliphatic heterocycles. The molecule has 0 saturated carbocycles. The number of hydrogen-bond donors (Lipinski definition) is 2. The Morgan fingerprint density at radius 2 is 2.17 bits per heavy atom. The number of hydrogen-bond acceptors (Lipinski definition) is 6. The average Bonchev–Trinajstić information content (AvgIpc) is 3.10. The van der Waals surface area contributed by atoms with Crippen LogP contribution >= 0.6 is 15.9 Å². The molecule has 3 aromatic heterocycles. The number of aromatic nitrogens is 4. The fourth-order valence-electron chi connectivity index (χ4n) is 2.28. The first-order chi connectivity index (χ1) is 11.2. The smallest absolute Gasteiger partial charge is 0.265 e. The monoisotopic (exact) mass is 370 g/mol. The summed E-state index contributed by atoms with van der Waals surface area (Å²) in [5.41, 5.74) is 6.29. The summed E-state index contributed by atoms with van der Waals surface area (Å²) in [5.74, 6) is 0.919. The topological polar surface area (TPSA) is 92.0 Å². The van der Waals surface area contributed by atoms with Crippen molar-refractivity contribution in [2.75, 3.05) is 5.43 Å². The molecule has 0 aliphatic carbocycles. The predicted molar refractivity (Wildman–Crippen MR) is 91.6 cm³/mol. The molecule has 0 radical (unpaired) electrons. The van der Waals surface area contributed by atoms with E-state index in [1.807, 2.05) is 19.1 Å². The Bertz CT molecular complexity index is 1030. The quantitative estimate of drug-likeness (QED) is 0.424. The largest absolute Gasteiger partial charge is 0.448 e. The van der Waals surface area contributed by atoms with Crippen LogP contribution in [0.2, 0.25) is 0 Å². The Balaban J connectivity index is 1.63. The number of furan rings is 1. The Morgan fingerprint density at radius 3 is 3.00 bits per heavy atom. The van der Waals surface area contributed by atoms with E-state index in [0.717, 1.165) is 22.0 Å². The fourth-order valence-corrected chi connectivity index (χ4v) is 2.60. The number of aryl methyl sites for hydroxylation is 1. The van der Waals surface area contributed by atoms with Crippen LogP contribution in [0.3, 0.4) is 0 Å². The summed E-state index contributed by atoms with van der Waals surface area (Å²) in [6.07, 6.45) is 1.53. The molecule has 3 heterocycles. The maximum absolute atomic E-state index is 5.31. The first-order valence-electron chi connectivity index (χ1n) is 6.86. The standard InChI is InChI=1S/C15H11BrN6O/c1-8-2-4-11-10(6-8)13-14(18-11)19-15(22-20-13)21-17-7-9-3-5-12(16)23-9/h2-7H,1H3,(H2,18,19,21,22)/b17-7+. The number of anilines is 1. The third kappa shape index (κ3) is 2.68. The molecule has 1 aromatic carbocycles. The zero-order valence-electron chi connectivity index (χ0n) is 12.0. The summed E-state index contributed by atoms with van der Waals surface area (Å²) >= 11 is 3.23. The molecule has 0 bridgehead atoms. The zero-order valence-corrected chi connectivity index (χ0v) is 13.6. The van der Waals surface area contributed by atoms with Gasteiger partial charge in [-0.15, -0.1) is 10.2 Å². The molecular weight excluding hydrogens is 360 g/mol. The predicted octanol–water partition coefficient (Wildman–Crippen LogP) is 3.62. The summed E-state index contributed by atoms with van der Waals surface area (Å²) < 4.78 is 5.95. The number of benzene rings is 1. The van der Waals surface area contributed by atoms with Gasteiger partial charge in [-0.05, 0) is 47.1 Å². The van der Waals surface area contributed by atoms with Crippen molar-refractivity contribution in [1.29, 1.82) is 0 Å². The number of fused-ring (bicyclic) bond motifs is 3. The van der Waals surface area contributed by atoms with E-state index in [2.05, 4.69) is 52.7 Å². The van der Waals surface area contributed by atoms with E-state index in [9.17, 15) is 0 Å². The van der Waals surface area contributed by atoms with Gasteiger partial charge in [-0.1, -0.05) is 11.6 Å². The van der Waals surface area contributed by atoms with Crippen molar-refractivity contribution in [3.8, 4) is 0 Å². The Hall–Kier alpha value is -2.74. The van der Waals surface area contributed by atoms with E-state index in [1.54, 1.807) is 12.1 Å². The number of H-pyrrole nitrogens is 1. The lowest BCUT2D eigenvalue weighted by Crippen LogP contribution is -1.98. The van der Waals surface area contributed by atoms with Crippen molar-refractivity contribution in [3.63, 3.8) is 0 Å². The summed E-state index contributed by atoms with van der Waals surface area (Å²) in [4.78, 5) is 7.61. The van der Waals surface area contributed by atoms with Gasteiger partial charge in [0.1, 0.15) is 11.3 Å². The molecule has 0 unspecified atom stereocenters. The molecule has 4 rings (SSSR count). The molecule has 0 aliphatic rings. The fraction of sp³-hybridized carbons (Fsp3) is 0.0667. The second-order valence-electron chi connectivity index (χ2n) is 5.02. The summed E-state index contributed by atoms with van der Waals surface area (Å²) in [5, 5.41) is 13.3. The summed E-state index contributed by atoms with van der Waals surface area (Å²) in [6.45, 7) is 2.04. The van der Waals surface area contributed by atoms with Crippen LogP contribution in [-0.2, 0) is 0 Å². The molecule has 0 spiro atoms. The molecule has 0 amide bonds. The third-order valence-electron chi connectivity index (χ3n) is 3.32. The molecule has 114 valence electrons. The highest BCUT2D eigenvalue weighted by Crippen LogP contribution is 2.23. The number of nitrogens with zero attached hydrogens (tertiary/aromatic N) is 4. The van der Waals surface area contributed by atoms with Gasteiger partial charge in [0, 0.05) is 10.9 Å². The van der Waals surface area contributed by atoms with Crippen molar-refractivity contribution in [3.05, 3.63) is 46.3 Å². The molecule has 0 saturated heterocycles. The van der Waals surface area contributed by atoms with E-state index in [0.29, 0.717) is 22.0 Å². The van der Waals surface area contributed by atoms with Gasteiger partial charge >= 0.3 is 0 Å². The molecule has 7 nitrogen and oxygen atoms in total. The zero-order chi connectivity index (χ0) is 15.8. The van der Waals surface area contributed by atoms with Crippen LogP contribution in [0.4, 0.5) is 5.95 Å². The van der Waals surface area contributed by atoms with Crippen molar-refractivity contribution in [2.45, 2.75) is 6.92 Å². The van der Waals surface area contributed by atoms with Gasteiger partial charge in [-0.2, -0.15) is 10.1 Å². The lowest BCUT2D eigenvalue weighted by Gasteiger charge is -1.96. The van der Waals surface area contributed by atoms with Gasteiger partial charge < -0.3 is 9.40 Å². The number of halogens is 1. The first-order valence-corrected chi connectivity index (χ1v) is 7.65. The minimum Gasteiger partial charge on any atom is -0.448 e. The number of nitrogens with one attached hydrogen (secondary N) is 2. The van der Waals surface area contributed by atoms with E-state index in [-0.39, 0.29) is 0 Å². The summed E-state index contributed by atoms with van der Waals surface area (Å²) in [6, 6.07) is 9.68. The molecule has 0 fully saturated rings. The SMILES string of the molecule is Cc1ccc2[nH]c3nc(N/N=C/c4ccc(Br)o4)nnc3c2c1. The Labute approximate surface area is 138 Å². The highest BCUT2D eigenvalue weighted by molar-refractivity contribution is 9.10. The van der Waals surface area contributed by atoms with E-state index < -0.39 is 0 Å². The van der Waals surface area contributed by atoms with Crippen LogP contribution in [0, 0.1) is 6.92 Å². The molecule has 23 heavy (non-hydrogen) atoms. The minimum atomic E-state index is 0.308. The summed E-state index contributed by atoms with van der Waals surface area (Å²) in [7, 11) is 0. The number of aromatic amines is 1. The van der Waals surface area contributed by atoms with Crippen molar-refractivity contribution >= 4 is 50.2 Å². The highest BCUT2D eigenvalue weighted by Gasteiger charge is 2.08. The molecule has 0 atom stereocenters. The van der Waals surface area contributed by atoms with Crippen molar-refractivity contribution in [1.82, 2.24) is 20.2 Å². The average molecular weight is 371 g/mol. The van der Waals surface area contributed by atoms with Crippen LogP contribution in [0.25, 0.3) is 22.1 Å². The number of rotatable bonds is 3. The van der Waals surface area contributed by atoms with E-state index in [4.69, 9.17) is 4.42 Å². The molecule has 4 aromatic rings. The van der Waals surface area contributed by atoms with Crippen molar-refractivity contribution in [2.24, 2.45) is 5.10 Å². The number of hydrazone groups is 1. The second kappa shape index (κ2) is 5.47. The van der Waals surface area contributed by atoms with E-state index in [1.165, 1.54) is 6.21 Å².